The molecule has 0 atom stereocenters. The number of phenolic OH excluding ortho intramolecular Hbond substituents is 1. The Hall–Kier alpha value is -2.52. The maximum atomic E-state index is 10.2. The zero-order valence-corrected chi connectivity index (χ0v) is 16.9. The van der Waals surface area contributed by atoms with Gasteiger partial charge in [0.1, 0.15) is 11.5 Å². The predicted octanol–water partition coefficient (Wildman–Crippen LogP) is 4.64. The van der Waals surface area contributed by atoms with Crippen LogP contribution < -0.4 is 14.8 Å². The lowest BCUT2D eigenvalue weighted by atomic mass is 10.2. The highest BCUT2D eigenvalue weighted by Gasteiger charge is 2.52. The minimum atomic E-state index is -2.66. The van der Waals surface area contributed by atoms with Crippen molar-refractivity contribution in [3.05, 3.63) is 84.4 Å². The van der Waals surface area contributed by atoms with Crippen LogP contribution in [0.4, 0.5) is 0 Å². The summed E-state index contributed by atoms with van der Waals surface area (Å²) in [6.07, 6.45) is 0. The lowest BCUT2D eigenvalue weighted by molar-refractivity contribution is 0.458. The van der Waals surface area contributed by atoms with Crippen molar-refractivity contribution < 1.29 is 9.53 Å². The van der Waals surface area contributed by atoms with E-state index in [0.29, 0.717) is 0 Å². The van der Waals surface area contributed by atoms with Crippen molar-refractivity contribution in [1.82, 2.24) is 0 Å². The Morgan fingerprint density at radius 3 is 1.69 bits per heavy atom. The van der Waals surface area contributed by atoms with Crippen molar-refractivity contribution in [2.45, 2.75) is 32.7 Å². The minimum absolute atomic E-state index is 0.104. The van der Waals surface area contributed by atoms with E-state index in [1.54, 1.807) is 6.07 Å². The van der Waals surface area contributed by atoms with Crippen LogP contribution in [-0.4, -0.2) is 13.4 Å². The van der Waals surface area contributed by atoms with Crippen LogP contribution in [0.15, 0.2) is 78.9 Å². The molecule has 0 aromatic heterocycles. The largest absolute Gasteiger partial charge is 0.534 e. The number of hydrogen-bond donors (Lipinski definition) is 1. The van der Waals surface area contributed by atoms with Gasteiger partial charge >= 0.3 is 8.32 Å². The molecule has 0 spiro atoms. The van der Waals surface area contributed by atoms with E-state index >= 15 is 0 Å². The summed E-state index contributed by atoms with van der Waals surface area (Å²) in [5.41, 5.74) is 0.778. The van der Waals surface area contributed by atoms with Gasteiger partial charge < -0.3 is 9.53 Å². The minimum Gasteiger partial charge on any atom is -0.534 e. The second-order valence-electron chi connectivity index (χ2n) is 7.67. The van der Waals surface area contributed by atoms with Crippen molar-refractivity contribution in [3.63, 3.8) is 0 Å². The van der Waals surface area contributed by atoms with Gasteiger partial charge in [0.05, 0.1) is 0 Å². The van der Waals surface area contributed by atoms with E-state index in [0.717, 1.165) is 11.3 Å². The molecule has 26 heavy (non-hydrogen) atoms. The van der Waals surface area contributed by atoms with Gasteiger partial charge in [0.2, 0.25) is 0 Å². The number of aromatic hydroxyl groups is 1. The van der Waals surface area contributed by atoms with E-state index in [1.807, 2.05) is 31.2 Å². The lowest BCUT2D eigenvalue weighted by Crippen LogP contribution is -2.68. The number of benzene rings is 3. The first-order chi connectivity index (χ1) is 12.4. The Kier molecular flexibility index (Phi) is 4.92. The van der Waals surface area contributed by atoms with Crippen molar-refractivity contribution >= 4 is 18.7 Å². The molecule has 3 aromatic rings. The summed E-state index contributed by atoms with van der Waals surface area (Å²) in [6.45, 7) is 8.65. The fourth-order valence-corrected chi connectivity index (χ4v) is 8.01. The van der Waals surface area contributed by atoms with Crippen LogP contribution in [0.1, 0.15) is 26.3 Å². The van der Waals surface area contributed by atoms with Crippen molar-refractivity contribution in [2.24, 2.45) is 0 Å². The molecule has 0 fully saturated rings. The van der Waals surface area contributed by atoms with Gasteiger partial charge in [-0.1, -0.05) is 87.5 Å². The van der Waals surface area contributed by atoms with E-state index in [4.69, 9.17) is 4.43 Å². The van der Waals surface area contributed by atoms with Gasteiger partial charge in [-0.2, -0.15) is 0 Å². The van der Waals surface area contributed by atoms with E-state index in [1.165, 1.54) is 10.4 Å². The standard InChI is InChI=1S/C23H26O2Si/c1-18-21(24)16-11-17-22(18)25-26(23(2,3)4,19-12-7-5-8-13-19)20-14-9-6-10-15-20/h5-17,24H,1-4H3. The Bertz CT molecular complexity index is 828. The molecular formula is C23H26O2Si. The first kappa shape index (κ1) is 18.3. The topological polar surface area (TPSA) is 29.5 Å². The van der Waals surface area contributed by atoms with Gasteiger partial charge in [-0.25, -0.2) is 0 Å². The van der Waals surface area contributed by atoms with Gasteiger partial charge in [0.25, 0.3) is 0 Å². The average molecular weight is 363 g/mol. The zero-order valence-electron chi connectivity index (χ0n) is 15.9. The highest BCUT2D eigenvalue weighted by molar-refractivity contribution is 7.00. The third-order valence-corrected chi connectivity index (χ3v) is 9.87. The molecule has 0 aliphatic carbocycles. The quantitative estimate of drug-likeness (QED) is 0.685. The number of hydrogen-bond acceptors (Lipinski definition) is 2. The van der Waals surface area contributed by atoms with E-state index < -0.39 is 8.32 Å². The SMILES string of the molecule is Cc1c(O)cccc1O[Si](c1ccccc1)(c1ccccc1)C(C)(C)C. The summed E-state index contributed by atoms with van der Waals surface area (Å²) < 4.78 is 6.93. The van der Waals surface area contributed by atoms with Gasteiger partial charge in [-0.05, 0) is 34.5 Å². The molecule has 0 radical (unpaired) electrons. The summed E-state index contributed by atoms with van der Waals surface area (Å²) in [5.74, 6) is 1.01. The molecule has 3 heteroatoms. The molecule has 0 unspecified atom stereocenters. The highest BCUT2D eigenvalue weighted by atomic mass is 28.4. The van der Waals surface area contributed by atoms with Crippen molar-refractivity contribution in [1.29, 1.82) is 0 Å². The summed E-state index contributed by atoms with van der Waals surface area (Å²) in [6, 6.07) is 26.5. The van der Waals surface area contributed by atoms with Gasteiger partial charge in [0.15, 0.2) is 0 Å². The average Bonchev–Trinajstić information content (AvgIpc) is 2.63. The lowest BCUT2D eigenvalue weighted by Gasteiger charge is -2.43. The predicted molar refractivity (Wildman–Crippen MR) is 111 cm³/mol. The number of rotatable bonds is 4. The van der Waals surface area contributed by atoms with Crippen molar-refractivity contribution in [2.75, 3.05) is 0 Å². The van der Waals surface area contributed by atoms with Gasteiger partial charge in [-0.3, -0.25) is 0 Å². The van der Waals surface area contributed by atoms with Crippen molar-refractivity contribution in [3.8, 4) is 11.5 Å². The molecule has 1 N–H and O–H groups in total. The number of phenols is 1. The fraction of sp³-hybridized carbons (Fsp3) is 0.217. The smallest absolute Gasteiger partial charge is 0.319 e. The van der Waals surface area contributed by atoms with Gasteiger partial charge in [0, 0.05) is 5.56 Å². The Balaban J connectivity index is 2.29. The molecule has 0 saturated carbocycles. The molecule has 3 rings (SSSR count). The van der Waals surface area contributed by atoms with Crippen LogP contribution in [-0.2, 0) is 0 Å². The first-order valence-electron chi connectivity index (χ1n) is 8.95. The maximum Gasteiger partial charge on any atom is 0.319 e. The molecule has 3 aromatic carbocycles. The van der Waals surface area contributed by atoms with E-state index in [2.05, 4.69) is 69.3 Å². The molecule has 0 heterocycles. The second kappa shape index (κ2) is 7.00. The van der Waals surface area contributed by atoms with Crippen LogP contribution in [0.2, 0.25) is 5.04 Å². The van der Waals surface area contributed by atoms with Gasteiger partial charge in [-0.15, -0.1) is 0 Å². The highest BCUT2D eigenvalue weighted by Crippen LogP contribution is 2.39. The monoisotopic (exact) mass is 362 g/mol. The molecule has 0 aliphatic heterocycles. The summed E-state index contributed by atoms with van der Waals surface area (Å²) in [7, 11) is -2.66. The normalized spacial score (nSPS) is 12.0. The summed E-state index contributed by atoms with van der Waals surface area (Å²) in [5, 5.41) is 12.5. The molecule has 134 valence electrons. The van der Waals surface area contributed by atoms with E-state index in [9.17, 15) is 5.11 Å². The maximum absolute atomic E-state index is 10.2. The third-order valence-electron chi connectivity index (χ3n) is 4.94. The molecule has 2 nitrogen and oxygen atoms in total. The second-order valence-corrected chi connectivity index (χ2v) is 11.9. The fourth-order valence-electron chi connectivity index (χ4n) is 3.53. The molecule has 0 saturated heterocycles. The molecule has 0 bridgehead atoms. The zero-order chi connectivity index (χ0) is 18.8. The molecular weight excluding hydrogens is 336 g/mol. The van der Waals surface area contributed by atoms with E-state index in [-0.39, 0.29) is 10.8 Å². The van der Waals surface area contributed by atoms with Crippen LogP contribution >= 0.6 is 0 Å². The van der Waals surface area contributed by atoms with Crippen LogP contribution in [0.25, 0.3) is 0 Å². The Morgan fingerprint density at radius 2 is 1.23 bits per heavy atom. The van der Waals surface area contributed by atoms with Crippen LogP contribution in [0.5, 0.6) is 11.5 Å². The summed E-state index contributed by atoms with van der Waals surface area (Å²) >= 11 is 0. The Morgan fingerprint density at radius 1 is 0.731 bits per heavy atom. The third kappa shape index (κ3) is 3.15. The molecule has 0 amide bonds. The Labute approximate surface area is 157 Å². The van der Waals surface area contributed by atoms with Crippen LogP contribution in [0, 0.1) is 6.92 Å². The molecule has 0 aliphatic rings. The summed E-state index contributed by atoms with van der Waals surface area (Å²) in [4.78, 5) is 0. The van der Waals surface area contributed by atoms with Crippen LogP contribution in [0.3, 0.4) is 0 Å². The first-order valence-corrected chi connectivity index (χ1v) is 10.9.